The molecule has 1 aliphatic rings. The van der Waals surface area contributed by atoms with Crippen molar-refractivity contribution < 1.29 is 33.5 Å². The van der Waals surface area contributed by atoms with E-state index in [-0.39, 0.29) is 38.7 Å². The Labute approximate surface area is 230 Å². The van der Waals surface area contributed by atoms with Crippen LogP contribution in [0.1, 0.15) is 44.9 Å². The standard InChI is InChI=1S/C27H23N3O9S/c1-5-37-26(34)23-14(2)28-27-29(24(23)18-7-6-8-19(11-18)30(35)36)25(33)22(40-27)12-17-9-10-20(38-15(3)31)13-21(17)39-16(4)32/h6-13,24H,5H2,1-4H3/t24-/m0/s1. The number of aromatic nitrogens is 1. The van der Waals surface area contributed by atoms with E-state index in [0.717, 1.165) is 11.3 Å². The van der Waals surface area contributed by atoms with Crippen molar-refractivity contribution in [2.75, 3.05) is 6.61 Å². The molecule has 1 aliphatic heterocycles. The van der Waals surface area contributed by atoms with Gasteiger partial charge in [0.15, 0.2) is 4.80 Å². The minimum atomic E-state index is -1.04. The number of carbonyl (C=O) groups is 3. The summed E-state index contributed by atoms with van der Waals surface area (Å²) in [5.41, 5.74) is 0.292. The van der Waals surface area contributed by atoms with E-state index in [0.29, 0.717) is 16.8 Å². The van der Waals surface area contributed by atoms with Crippen LogP contribution in [0.25, 0.3) is 6.08 Å². The van der Waals surface area contributed by atoms with Crippen LogP contribution in [0.15, 0.2) is 63.5 Å². The monoisotopic (exact) mass is 565 g/mol. The maximum Gasteiger partial charge on any atom is 0.338 e. The number of non-ortho nitro benzene ring substituents is 1. The summed E-state index contributed by atoms with van der Waals surface area (Å²) in [6.45, 7) is 5.74. The molecular weight excluding hydrogens is 542 g/mol. The van der Waals surface area contributed by atoms with Gasteiger partial charge in [0.1, 0.15) is 11.5 Å². The van der Waals surface area contributed by atoms with E-state index in [1.54, 1.807) is 19.9 Å². The molecule has 1 aromatic heterocycles. The summed E-state index contributed by atoms with van der Waals surface area (Å²) in [7, 11) is 0. The van der Waals surface area contributed by atoms with Crippen molar-refractivity contribution in [1.82, 2.24) is 4.57 Å². The first kappa shape index (κ1) is 28.1. The number of hydrogen-bond donors (Lipinski definition) is 0. The topological polar surface area (TPSA) is 156 Å². The van der Waals surface area contributed by atoms with Crippen molar-refractivity contribution >= 4 is 41.0 Å². The van der Waals surface area contributed by atoms with Gasteiger partial charge in [0, 0.05) is 37.6 Å². The fraction of sp³-hybridized carbons (Fsp3) is 0.222. The predicted molar refractivity (Wildman–Crippen MR) is 143 cm³/mol. The summed E-state index contributed by atoms with van der Waals surface area (Å²) < 4.78 is 17.0. The first-order valence-electron chi connectivity index (χ1n) is 11.9. The molecule has 0 amide bonds. The number of nitro groups is 1. The number of allylic oxidation sites excluding steroid dienone is 1. The molecule has 0 radical (unpaired) electrons. The van der Waals surface area contributed by atoms with Crippen LogP contribution < -0.4 is 24.4 Å². The molecule has 4 rings (SSSR count). The van der Waals surface area contributed by atoms with Crippen molar-refractivity contribution in [2.24, 2.45) is 4.99 Å². The summed E-state index contributed by atoms with van der Waals surface area (Å²) >= 11 is 1.02. The third kappa shape index (κ3) is 5.73. The molecule has 0 unspecified atom stereocenters. The highest BCUT2D eigenvalue weighted by atomic mass is 32.1. The molecule has 0 spiro atoms. The van der Waals surface area contributed by atoms with Gasteiger partial charge in [-0.3, -0.25) is 29.1 Å². The summed E-state index contributed by atoms with van der Waals surface area (Å²) in [6, 6.07) is 8.96. The molecule has 0 aliphatic carbocycles. The number of carbonyl (C=O) groups excluding carboxylic acids is 3. The van der Waals surface area contributed by atoms with Crippen LogP contribution in [-0.4, -0.2) is 34.0 Å². The molecule has 12 nitrogen and oxygen atoms in total. The largest absolute Gasteiger partial charge is 0.463 e. The van der Waals surface area contributed by atoms with Gasteiger partial charge in [0.2, 0.25) is 0 Å². The molecule has 40 heavy (non-hydrogen) atoms. The van der Waals surface area contributed by atoms with Gasteiger partial charge in [-0.1, -0.05) is 23.5 Å². The molecule has 0 saturated heterocycles. The Balaban J connectivity index is 1.95. The summed E-state index contributed by atoms with van der Waals surface area (Å²) in [5.74, 6) is -1.70. The van der Waals surface area contributed by atoms with Gasteiger partial charge in [-0.05, 0) is 37.6 Å². The van der Waals surface area contributed by atoms with E-state index in [1.807, 2.05) is 0 Å². The highest BCUT2D eigenvalue weighted by Crippen LogP contribution is 2.32. The number of rotatable bonds is 7. The normalized spacial score (nSPS) is 14.7. The maximum atomic E-state index is 13.8. The van der Waals surface area contributed by atoms with Gasteiger partial charge in [-0.15, -0.1) is 0 Å². The molecular formula is C27H23N3O9S. The molecule has 0 fully saturated rings. The molecule has 2 heterocycles. The Bertz CT molecular complexity index is 1770. The smallest absolute Gasteiger partial charge is 0.338 e. The fourth-order valence-corrected chi connectivity index (χ4v) is 5.20. The summed E-state index contributed by atoms with van der Waals surface area (Å²) in [4.78, 5) is 65.5. The highest BCUT2D eigenvalue weighted by molar-refractivity contribution is 7.07. The molecule has 0 bridgehead atoms. The minimum absolute atomic E-state index is 0.0516. The van der Waals surface area contributed by atoms with Crippen molar-refractivity contribution in [1.29, 1.82) is 0 Å². The summed E-state index contributed by atoms with van der Waals surface area (Å²) in [6.07, 6.45) is 1.48. The number of thiazole rings is 1. The molecule has 13 heteroatoms. The van der Waals surface area contributed by atoms with Crippen molar-refractivity contribution in [3.05, 3.63) is 94.7 Å². The van der Waals surface area contributed by atoms with Gasteiger partial charge >= 0.3 is 17.9 Å². The molecule has 2 aromatic carbocycles. The van der Waals surface area contributed by atoms with Crippen molar-refractivity contribution in [3.8, 4) is 11.5 Å². The second-order valence-corrected chi connectivity index (χ2v) is 9.55. The molecule has 1 atom stereocenters. The second-order valence-electron chi connectivity index (χ2n) is 8.54. The number of nitrogens with zero attached hydrogens (tertiary/aromatic N) is 3. The van der Waals surface area contributed by atoms with Gasteiger partial charge < -0.3 is 14.2 Å². The van der Waals surface area contributed by atoms with E-state index in [9.17, 15) is 29.3 Å². The Morgan fingerprint density at radius 1 is 1.12 bits per heavy atom. The van der Waals surface area contributed by atoms with E-state index in [4.69, 9.17) is 14.2 Å². The minimum Gasteiger partial charge on any atom is -0.463 e. The lowest BCUT2D eigenvalue weighted by molar-refractivity contribution is -0.384. The molecule has 206 valence electrons. The van der Waals surface area contributed by atoms with Crippen LogP contribution in [0.2, 0.25) is 0 Å². The van der Waals surface area contributed by atoms with Crippen molar-refractivity contribution in [2.45, 2.75) is 33.7 Å². The number of benzene rings is 2. The number of hydrogen-bond acceptors (Lipinski definition) is 11. The van der Waals surface area contributed by atoms with Gasteiger partial charge in [0.05, 0.1) is 33.4 Å². The lowest BCUT2D eigenvalue weighted by Gasteiger charge is -2.24. The van der Waals surface area contributed by atoms with E-state index in [1.165, 1.54) is 60.9 Å². The zero-order valence-corrected chi connectivity index (χ0v) is 22.6. The Morgan fingerprint density at radius 3 is 2.50 bits per heavy atom. The molecule has 0 N–H and O–H groups in total. The predicted octanol–water partition coefficient (Wildman–Crippen LogP) is 2.56. The van der Waals surface area contributed by atoms with Crippen LogP contribution in [0.4, 0.5) is 5.69 Å². The van der Waals surface area contributed by atoms with Gasteiger partial charge in [-0.2, -0.15) is 0 Å². The highest BCUT2D eigenvalue weighted by Gasteiger charge is 2.34. The van der Waals surface area contributed by atoms with Crippen LogP contribution >= 0.6 is 11.3 Å². The van der Waals surface area contributed by atoms with Crippen molar-refractivity contribution in [3.63, 3.8) is 0 Å². The average molecular weight is 566 g/mol. The number of fused-ring (bicyclic) bond motifs is 1. The Kier molecular flexibility index (Phi) is 8.05. The van der Waals surface area contributed by atoms with Gasteiger partial charge in [0.25, 0.3) is 11.2 Å². The van der Waals surface area contributed by atoms with Gasteiger partial charge in [-0.25, -0.2) is 9.79 Å². The maximum absolute atomic E-state index is 13.8. The fourth-order valence-electron chi connectivity index (χ4n) is 4.16. The molecule has 0 saturated carbocycles. The van der Waals surface area contributed by atoms with E-state index >= 15 is 0 Å². The quantitative estimate of drug-likeness (QED) is 0.182. The number of nitro benzene ring substituents is 1. The van der Waals surface area contributed by atoms with Crippen LogP contribution in [0.3, 0.4) is 0 Å². The number of esters is 3. The SMILES string of the molecule is CCOC(=O)C1=C(C)N=c2sc(=Cc3ccc(OC(C)=O)cc3OC(C)=O)c(=O)n2[C@H]1c1cccc([N+](=O)[O-])c1. The number of ether oxygens (including phenoxy) is 3. The van der Waals surface area contributed by atoms with Crippen LogP contribution in [0.5, 0.6) is 11.5 Å². The zero-order chi connectivity index (χ0) is 29.1. The molecule has 3 aromatic rings. The lowest BCUT2D eigenvalue weighted by atomic mass is 9.95. The first-order chi connectivity index (χ1) is 19.0. The van der Waals surface area contributed by atoms with E-state index < -0.39 is 34.4 Å². The van der Waals surface area contributed by atoms with E-state index in [2.05, 4.69) is 4.99 Å². The van der Waals surface area contributed by atoms with Crippen LogP contribution in [0, 0.1) is 10.1 Å². The first-order valence-corrected chi connectivity index (χ1v) is 12.8. The Hall–Kier alpha value is -4.91. The third-order valence-electron chi connectivity index (χ3n) is 5.70. The van der Waals surface area contributed by atoms with Crippen LogP contribution in [-0.2, 0) is 19.1 Å². The average Bonchev–Trinajstić information content (AvgIpc) is 3.18. The second kappa shape index (κ2) is 11.5. The lowest BCUT2D eigenvalue weighted by Crippen LogP contribution is -2.40. The Morgan fingerprint density at radius 2 is 1.85 bits per heavy atom. The zero-order valence-electron chi connectivity index (χ0n) is 21.8. The summed E-state index contributed by atoms with van der Waals surface area (Å²) in [5, 5.41) is 11.5. The third-order valence-corrected chi connectivity index (χ3v) is 6.68.